The molecule has 0 bridgehead atoms. The first-order chi connectivity index (χ1) is 7.31. The predicted octanol–water partition coefficient (Wildman–Crippen LogP) is 1.42. The van der Waals surface area contributed by atoms with Crippen molar-refractivity contribution in [1.82, 2.24) is 0 Å². The zero-order chi connectivity index (χ0) is 10.7. The van der Waals surface area contributed by atoms with Crippen molar-refractivity contribution in [3.63, 3.8) is 0 Å². The molecule has 1 unspecified atom stereocenters. The van der Waals surface area contributed by atoms with E-state index in [2.05, 4.69) is 5.32 Å². The highest BCUT2D eigenvalue weighted by Gasteiger charge is 2.25. The number of carbonyl (C=O) groups is 1. The van der Waals surface area contributed by atoms with Gasteiger partial charge >= 0.3 is 5.97 Å². The molecule has 1 N–H and O–H groups in total. The summed E-state index contributed by atoms with van der Waals surface area (Å²) >= 11 is 0. The van der Waals surface area contributed by atoms with Gasteiger partial charge in [-0.3, -0.25) is 0 Å². The molecule has 1 atom stereocenters. The number of esters is 1. The Balaban J connectivity index is 2.08. The maximum absolute atomic E-state index is 11.4. The largest absolute Gasteiger partial charge is 0.489 e. The summed E-state index contributed by atoms with van der Waals surface area (Å²) in [5.41, 5.74) is 0.835. The lowest BCUT2D eigenvalue weighted by Gasteiger charge is -2.25. The molecule has 0 aliphatic carbocycles. The molecule has 0 aromatic heterocycles. The molecule has 1 aromatic rings. The van der Waals surface area contributed by atoms with Crippen molar-refractivity contribution in [3.8, 4) is 5.75 Å². The van der Waals surface area contributed by atoms with E-state index in [0.717, 1.165) is 11.4 Å². The van der Waals surface area contributed by atoms with Gasteiger partial charge < -0.3 is 14.8 Å². The molecule has 0 fully saturated rings. The van der Waals surface area contributed by atoms with Gasteiger partial charge in [0.25, 0.3) is 0 Å². The number of rotatable bonds is 2. The van der Waals surface area contributed by atoms with Gasteiger partial charge in [-0.15, -0.1) is 0 Å². The monoisotopic (exact) mass is 207 g/mol. The minimum Gasteiger partial charge on any atom is -0.489 e. The van der Waals surface area contributed by atoms with Crippen LogP contribution >= 0.6 is 0 Å². The molecule has 0 amide bonds. The van der Waals surface area contributed by atoms with Gasteiger partial charge in [-0.05, 0) is 19.1 Å². The summed E-state index contributed by atoms with van der Waals surface area (Å²) in [6, 6.07) is 7.12. The standard InChI is InChI=1S/C11H13NO3/c1-2-14-11(13)9-7-15-10-6-4-3-5-8(10)12-9/h3-6,9,12H,2,7H2,1H3. The van der Waals surface area contributed by atoms with Crippen molar-refractivity contribution in [2.45, 2.75) is 13.0 Å². The zero-order valence-corrected chi connectivity index (χ0v) is 8.53. The lowest BCUT2D eigenvalue weighted by molar-refractivity contribution is -0.144. The molecule has 80 valence electrons. The molecule has 0 saturated heterocycles. The van der Waals surface area contributed by atoms with E-state index in [-0.39, 0.29) is 5.97 Å². The van der Waals surface area contributed by atoms with E-state index < -0.39 is 6.04 Å². The van der Waals surface area contributed by atoms with Crippen LogP contribution in [0.25, 0.3) is 0 Å². The van der Waals surface area contributed by atoms with Crippen molar-refractivity contribution in [2.75, 3.05) is 18.5 Å². The predicted molar refractivity (Wildman–Crippen MR) is 56.0 cm³/mol. The highest BCUT2D eigenvalue weighted by molar-refractivity contribution is 5.81. The molecule has 1 aliphatic heterocycles. The van der Waals surface area contributed by atoms with Crippen LogP contribution in [0.1, 0.15) is 6.92 Å². The SMILES string of the molecule is CCOC(=O)C1COc2ccccc2N1. The van der Waals surface area contributed by atoms with Gasteiger partial charge in [0.05, 0.1) is 12.3 Å². The van der Waals surface area contributed by atoms with Crippen LogP contribution in [0.2, 0.25) is 0 Å². The van der Waals surface area contributed by atoms with Gasteiger partial charge in [-0.25, -0.2) is 4.79 Å². The fourth-order valence-electron chi connectivity index (χ4n) is 1.48. The highest BCUT2D eigenvalue weighted by atomic mass is 16.5. The summed E-state index contributed by atoms with van der Waals surface area (Å²) in [6.07, 6.45) is 0. The third kappa shape index (κ3) is 2.03. The highest BCUT2D eigenvalue weighted by Crippen LogP contribution is 2.28. The van der Waals surface area contributed by atoms with Crippen LogP contribution in [0, 0.1) is 0 Å². The van der Waals surface area contributed by atoms with E-state index in [0.29, 0.717) is 13.2 Å². The third-order valence-electron chi connectivity index (χ3n) is 2.19. The van der Waals surface area contributed by atoms with Crippen LogP contribution in [0.3, 0.4) is 0 Å². The number of benzene rings is 1. The third-order valence-corrected chi connectivity index (χ3v) is 2.19. The molecule has 15 heavy (non-hydrogen) atoms. The van der Waals surface area contributed by atoms with Crippen molar-refractivity contribution in [1.29, 1.82) is 0 Å². The van der Waals surface area contributed by atoms with E-state index >= 15 is 0 Å². The summed E-state index contributed by atoms with van der Waals surface area (Å²) in [6.45, 7) is 2.49. The first-order valence-corrected chi connectivity index (χ1v) is 4.96. The van der Waals surface area contributed by atoms with Crippen LogP contribution in [-0.4, -0.2) is 25.2 Å². The first kappa shape index (κ1) is 9.83. The van der Waals surface area contributed by atoms with Crippen molar-refractivity contribution < 1.29 is 14.3 Å². The Bertz CT molecular complexity index is 365. The number of hydrogen-bond donors (Lipinski definition) is 1. The van der Waals surface area contributed by atoms with Crippen molar-refractivity contribution in [3.05, 3.63) is 24.3 Å². The van der Waals surface area contributed by atoms with Gasteiger partial charge in [-0.2, -0.15) is 0 Å². The Morgan fingerprint density at radius 2 is 2.40 bits per heavy atom. The first-order valence-electron chi connectivity index (χ1n) is 4.96. The molecule has 0 spiro atoms. The van der Waals surface area contributed by atoms with Crippen molar-refractivity contribution in [2.24, 2.45) is 0 Å². The fraction of sp³-hybridized carbons (Fsp3) is 0.364. The Labute approximate surface area is 88.2 Å². The van der Waals surface area contributed by atoms with E-state index in [9.17, 15) is 4.79 Å². The van der Waals surface area contributed by atoms with Crippen LogP contribution in [-0.2, 0) is 9.53 Å². The lowest BCUT2D eigenvalue weighted by Crippen LogP contribution is -2.39. The van der Waals surface area contributed by atoms with Gasteiger partial charge in [0.15, 0.2) is 6.04 Å². The smallest absolute Gasteiger partial charge is 0.332 e. The Kier molecular flexibility index (Phi) is 2.76. The quantitative estimate of drug-likeness (QED) is 0.745. The lowest BCUT2D eigenvalue weighted by atomic mass is 10.2. The molecule has 2 rings (SSSR count). The van der Waals surface area contributed by atoms with Crippen LogP contribution < -0.4 is 10.1 Å². The Hall–Kier alpha value is -1.71. The maximum atomic E-state index is 11.4. The second-order valence-corrected chi connectivity index (χ2v) is 3.26. The molecule has 1 aliphatic rings. The van der Waals surface area contributed by atoms with Gasteiger partial charge in [0.1, 0.15) is 12.4 Å². The van der Waals surface area contributed by atoms with Crippen molar-refractivity contribution >= 4 is 11.7 Å². The molecule has 0 radical (unpaired) electrons. The Morgan fingerprint density at radius 1 is 1.60 bits per heavy atom. The summed E-state index contributed by atoms with van der Waals surface area (Å²) < 4.78 is 10.4. The molecular weight excluding hydrogens is 194 g/mol. The number of carbonyl (C=O) groups excluding carboxylic acids is 1. The number of fused-ring (bicyclic) bond motifs is 1. The molecule has 1 heterocycles. The van der Waals surface area contributed by atoms with E-state index in [4.69, 9.17) is 9.47 Å². The summed E-state index contributed by atoms with van der Waals surface area (Å²) in [4.78, 5) is 11.4. The number of hydrogen-bond acceptors (Lipinski definition) is 4. The van der Waals surface area contributed by atoms with Gasteiger partial charge in [0, 0.05) is 0 Å². The van der Waals surface area contributed by atoms with Gasteiger partial charge in [-0.1, -0.05) is 12.1 Å². The molecule has 0 saturated carbocycles. The van der Waals surface area contributed by atoms with E-state index in [1.54, 1.807) is 6.92 Å². The maximum Gasteiger partial charge on any atom is 0.332 e. The second-order valence-electron chi connectivity index (χ2n) is 3.26. The number of ether oxygens (including phenoxy) is 2. The van der Waals surface area contributed by atoms with E-state index in [1.165, 1.54) is 0 Å². The summed E-state index contributed by atoms with van der Waals surface area (Å²) in [7, 11) is 0. The van der Waals surface area contributed by atoms with E-state index in [1.807, 2.05) is 24.3 Å². The average Bonchev–Trinajstić information content (AvgIpc) is 2.29. The molecule has 4 heteroatoms. The topological polar surface area (TPSA) is 47.6 Å². The second kappa shape index (κ2) is 4.21. The summed E-state index contributed by atoms with van der Waals surface area (Å²) in [5, 5.41) is 3.08. The van der Waals surface area contributed by atoms with Gasteiger partial charge in [0.2, 0.25) is 0 Å². The average molecular weight is 207 g/mol. The minimum absolute atomic E-state index is 0.271. The number of anilines is 1. The zero-order valence-electron chi connectivity index (χ0n) is 8.53. The molecule has 1 aromatic carbocycles. The fourth-order valence-corrected chi connectivity index (χ4v) is 1.48. The molecular formula is C11H13NO3. The number of nitrogens with one attached hydrogen (secondary N) is 1. The molecule has 4 nitrogen and oxygen atoms in total. The number of para-hydroxylation sites is 2. The normalized spacial score (nSPS) is 18.3. The van der Waals surface area contributed by atoms with Crippen LogP contribution in [0.5, 0.6) is 5.75 Å². The summed E-state index contributed by atoms with van der Waals surface area (Å²) in [5.74, 6) is 0.505. The van der Waals surface area contributed by atoms with Crippen LogP contribution in [0.15, 0.2) is 24.3 Å². The Morgan fingerprint density at radius 3 is 3.20 bits per heavy atom. The van der Waals surface area contributed by atoms with Crippen LogP contribution in [0.4, 0.5) is 5.69 Å². The minimum atomic E-state index is -0.403.